The van der Waals surface area contributed by atoms with Crippen LogP contribution in [0.4, 0.5) is 0 Å². The van der Waals surface area contributed by atoms with Crippen LogP contribution in [0.3, 0.4) is 0 Å². The molecule has 0 saturated carbocycles. The first-order valence-electron chi connectivity index (χ1n) is 5.79. The zero-order valence-electron chi connectivity index (χ0n) is 9.94. The summed E-state index contributed by atoms with van der Waals surface area (Å²) in [6, 6.07) is 10.2. The van der Waals surface area contributed by atoms with Gasteiger partial charge in [0.25, 0.3) is 0 Å². The maximum absolute atomic E-state index is 6.13. The first kappa shape index (κ1) is 12.2. The number of aromatic nitrogens is 1. The monoisotopic (exact) mass is 248 g/mol. The van der Waals surface area contributed by atoms with E-state index in [1.54, 1.807) is 0 Å². The maximum Gasteiger partial charge on any atom is 0.0485 e. The molecule has 2 aromatic rings. The Balaban J connectivity index is 2.09. The molecular formula is C14H17ClN2. The molecule has 2 nitrogen and oxygen atoms in total. The second-order valence-corrected chi connectivity index (χ2v) is 4.87. The molecule has 2 N–H and O–H groups in total. The lowest BCUT2D eigenvalue weighted by Gasteiger charge is -2.05. The first-order chi connectivity index (χ1) is 8.15. The van der Waals surface area contributed by atoms with Crippen LogP contribution in [-0.2, 0) is 13.0 Å². The summed E-state index contributed by atoms with van der Waals surface area (Å²) >= 11 is 6.13. The van der Waals surface area contributed by atoms with Crippen molar-refractivity contribution in [3.05, 3.63) is 58.9 Å². The minimum atomic E-state index is 0.200. The second-order valence-electron chi connectivity index (χ2n) is 4.46. The summed E-state index contributed by atoms with van der Waals surface area (Å²) in [6.45, 7) is 2.82. The Morgan fingerprint density at radius 2 is 2.06 bits per heavy atom. The number of benzene rings is 1. The van der Waals surface area contributed by atoms with Gasteiger partial charge in [0.1, 0.15) is 0 Å². The molecule has 0 saturated heterocycles. The maximum atomic E-state index is 6.13. The van der Waals surface area contributed by atoms with Gasteiger partial charge in [-0.15, -0.1) is 0 Å². The molecule has 1 unspecified atom stereocenters. The van der Waals surface area contributed by atoms with Crippen molar-refractivity contribution in [3.8, 4) is 0 Å². The molecule has 0 amide bonds. The van der Waals surface area contributed by atoms with Gasteiger partial charge in [0.05, 0.1) is 0 Å². The molecular weight excluding hydrogens is 232 g/mol. The average molecular weight is 249 g/mol. The number of nitrogens with two attached hydrogens (primary N) is 1. The molecule has 0 aliphatic heterocycles. The fraction of sp³-hybridized carbons (Fsp3) is 0.286. The molecule has 0 spiro atoms. The Bertz CT molecular complexity index is 488. The lowest BCUT2D eigenvalue weighted by atomic mass is 10.1. The van der Waals surface area contributed by atoms with Crippen LogP contribution in [0, 0.1) is 0 Å². The molecule has 1 heterocycles. The van der Waals surface area contributed by atoms with Crippen molar-refractivity contribution < 1.29 is 0 Å². The van der Waals surface area contributed by atoms with Gasteiger partial charge in [0.2, 0.25) is 0 Å². The van der Waals surface area contributed by atoms with E-state index in [1.165, 1.54) is 5.56 Å². The van der Waals surface area contributed by atoms with Crippen LogP contribution in [0.15, 0.2) is 42.7 Å². The van der Waals surface area contributed by atoms with E-state index < -0.39 is 0 Å². The average Bonchev–Trinajstić information content (AvgIpc) is 2.68. The van der Waals surface area contributed by atoms with Crippen molar-refractivity contribution in [1.29, 1.82) is 0 Å². The quantitative estimate of drug-likeness (QED) is 0.886. The molecule has 1 atom stereocenters. The van der Waals surface area contributed by atoms with Crippen LogP contribution in [-0.4, -0.2) is 10.6 Å². The third-order valence-corrected chi connectivity index (χ3v) is 3.05. The fourth-order valence-corrected chi connectivity index (χ4v) is 2.10. The predicted octanol–water partition coefficient (Wildman–Crippen LogP) is 3.08. The Morgan fingerprint density at radius 1 is 1.29 bits per heavy atom. The van der Waals surface area contributed by atoms with Gasteiger partial charge < -0.3 is 10.3 Å². The van der Waals surface area contributed by atoms with Gasteiger partial charge in [-0.3, -0.25) is 0 Å². The Labute approximate surface area is 107 Å². The normalized spacial score (nSPS) is 12.6. The highest BCUT2D eigenvalue weighted by atomic mass is 35.5. The van der Waals surface area contributed by atoms with Gasteiger partial charge >= 0.3 is 0 Å². The summed E-state index contributed by atoms with van der Waals surface area (Å²) in [7, 11) is 0. The number of hydrogen-bond donors (Lipinski definition) is 1. The van der Waals surface area contributed by atoms with Crippen LogP contribution in [0.1, 0.15) is 18.1 Å². The predicted molar refractivity (Wildman–Crippen MR) is 72.3 cm³/mol. The SMILES string of the molecule is CC(N)Cc1ccn(Cc2ccccc2Cl)c1. The summed E-state index contributed by atoms with van der Waals surface area (Å²) in [6.07, 6.45) is 5.11. The topological polar surface area (TPSA) is 30.9 Å². The minimum Gasteiger partial charge on any atom is -0.350 e. The van der Waals surface area contributed by atoms with Crippen LogP contribution in [0.2, 0.25) is 5.02 Å². The summed E-state index contributed by atoms with van der Waals surface area (Å²) < 4.78 is 2.14. The van der Waals surface area contributed by atoms with E-state index in [0.717, 1.165) is 23.6 Å². The molecule has 0 fully saturated rings. The summed E-state index contributed by atoms with van der Waals surface area (Å²) in [5, 5.41) is 0.815. The van der Waals surface area contributed by atoms with Crippen LogP contribution >= 0.6 is 11.6 Å². The van der Waals surface area contributed by atoms with E-state index in [0.29, 0.717) is 0 Å². The number of halogens is 1. The summed E-state index contributed by atoms with van der Waals surface area (Å²) in [5.41, 5.74) is 8.19. The molecule has 3 heteroatoms. The van der Waals surface area contributed by atoms with E-state index in [4.69, 9.17) is 17.3 Å². The van der Waals surface area contributed by atoms with E-state index in [-0.39, 0.29) is 6.04 Å². The molecule has 0 bridgehead atoms. The van der Waals surface area contributed by atoms with Gasteiger partial charge in [-0.2, -0.15) is 0 Å². The van der Waals surface area contributed by atoms with Crippen LogP contribution in [0.25, 0.3) is 0 Å². The molecule has 0 aliphatic rings. The fourth-order valence-electron chi connectivity index (χ4n) is 1.90. The Kier molecular flexibility index (Phi) is 3.87. The molecule has 2 rings (SSSR count). The summed E-state index contributed by atoms with van der Waals surface area (Å²) in [5.74, 6) is 0. The van der Waals surface area contributed by atoms with Crippen LogP contribution < -0.4 is 5.73 Å². The zero-order valence-corrected chi connectivity index (χ0v) is 10.7. The van der Waals surface area contributed by atoms with Gasteiger partial charge in [-0.25, -0.2) is 0 Å². The van der Waals surface area contributed by atoms with Crippen molar-refractivity contribution >= 4 is 11.6 Å². The number of nitrogens with zero attached hydrogens (tertiary/aromatic N) is 1. The molecule has 90 valence electrons. The van der Waals surface area contributed by atoms with Crippen molar-refractivity contribution in [2.75, 3.05) is 0 Å². The lowest BCUT2D eigenvalue weighted by Crippen LogP contribution is -2.17. The minimum absolute atomic E-state index is 0.200. The molecule has 0 radical (unpaired) electrons. The molecule has 0 aliphatic carbocycles. The molecule has 1 aromatic heterocycles. The third-order valence-electron chi connectivity index (χ3n) is 2.68. The largest absolute Gasteiger partial charge is 0.350 e. The van der Waals surface area contributed by atoms with E-state index >= 15 is 0 Å². The highest BCUT2D eigenvalue weighted by Gasteiger charge is 2.03. The highest BCUT2D eigenvalue weighted by Crippen LogP contribution is 2.16. The van der Waals surface area contributed by atoms with Crippen molar-refractivity contribution in [1.82, 2.24) is 4.57 Å². The first-order valence-corrected chi connectivity index (χ1v) is 6.16. The lowest BCUT2D eigenvalue weighted by molar-refractivity contribution is 0.732. The number of rotatable bonds is 4. The van der Waals surface area contributed by atoms with Crippen LogP contribution in [0.5, 0.6) is 0 Å². The van der Waals surface area contributed by atoms with Gasteiger partial charge in [0, 0.05) is 30.0 Å². The zero-order chi connectivity index (χ0) is 12.3. The highest BCUT2D eigenvalue weighted by molar-refractivity contribution is 6.31. The van der Waals surface area contributed by atoms with Crippen molar-refractivity contribution in [2.45, 2.75) is 25.9 Å². The second kappa shape index (κ2) is 5.39. The van der Waals surface area contributed by atoms with Crippen molar-refractivity contribution in [2.24, 2.45) is 5.73 Å². The third kappa shape index (κ3) is 3.35. The van der Waals surface area contributed by atoms with E-state index in [1.807, 2.05) is 31.2 Å². The molecule has 1 aromatic carbocycles. The van der Waals surface area contributed by atoms with E-state index in [2.05, 4.69) is 23.0 Å². The Morgan fingerprint density at radius 3 is 2.76 bits per heavy atom. The Hall–Kier alpha value is -1.25. The van der Waals surface area contributed by atoms with Gasteiger partial charge in [-0.1, -0.05) is 29.8 Å². The van der Waals surface area contributed by atoms with Gasteiger partial charge in [0.15, 0.2) is 0 Å². The number of hydrogen-bond acceptors (Lipinski definition) is 1. The van der Waals surface area contributed by atoms with E-state index in [9.17, 15) is 0 Å². The van der Waals surface area contributed by atoms with Crippen molar-refractivity contribution in [3.63, 3.8) is 0 Å². The standard InChI is InChI=1S/C14H17ClN2/c1-11(16)8-12-6-7-17(9-12)10-13-4-2-3-5-14(13)15/h2-7,9,11H,8,10,16H2,1H3. The van der Waals surface area contributed by atoms with Gasteiger partial charge in [-0.05, 0) is 36.6 Å². The summed E-state index contributed by atoms with van der Waals surface area (Å²) in [4.78, 5) is 0. The molecule has 17 heavy (non-hydrogen) atoms. The smallest absolute Gasteiger partial charge is 0.0485 e.